The average Bonchev–Trinajstić information content (AvgIpc) is 2.42. The van der Waals surface area contributed by atoms with Gasteiger partial charge in [0.2, 0.25) is 0 Å². The molecule has 0 spiro atoms. The van der Waals surface area contributed by atoms with Crippen LogP contribution in [0.15, 0.2) is 36.4 Å². The summed E-state index contributed by atoms with van der Waals surface area (Å²) in [6.07, 6.45) is 0. The van der Waals surface area contributed by atoms with Crippen LogP contribution in [0.25, 0.3) is 0 Å². The molecular formula is C16H16F3NO. The molecule has 2 aromatic carbocycles. The van der Waals surface area contributed by atoms with E-state index in [0.717, 1.165) is 12.1 Å². The predicted octanol–water partition coefficient (Wildman–Crippen LogP) is 4.39. The largest absolute Gasteiger partial charge is 0.457 e. The maximum absolute atomic E-state index is 13.9. The number of hydrogen-bond acceptors (Lipinski definition) is 2. The van der Waals surface area contributed by atoms with Crippen molar-refractivity contribution in [3.63, 3.8) is 0 Å². The van der Waals surface area contributed by atoms with Gasteiger partial charge in [-0.2, -0.15) is 0 Å². The number of benzene rings is 2. The number of rotatable bonds is 5. The average molecular weight is 295 g/mol. The molecule has 2 rings (SSSR count). The summed E-state index contributed by atoms with van der Waals surface area (Å²) >= 11 is 0. The first-order valence-corrected chi connectivity index (χ1v) is 6.61. The monoisotopic (exact) mass is 295 g/mol. The number of ether oxygens (including phenoxy) is 1. The lowest BCUT2D eigenvalue weighted by Crippen LogP contribution is -2.22. The summed E-state index contributed by atoms with van der Waals surface area (Å²) in [5.74, 6) is -1.99. The molecule has 0 heterocycles. The summed E-state index contributed by atoms with van der Waals surface area (Å²) in [4.78, 5) is 0. The van der Waals surface area contributed by atoms with Gasteiger partial charge in [0.25, 0.3) is 0 Å². The van der Waals surface area contributed by atoms with E-state index in [1.165, 1.54) is 18.2 Å². The van der Waals surface area contributed by atoms with Gasteiger partial charge in [-0.3, -0.25) is 0 Å². The Bertz CT molecular complexity index is 629. The predicted molar refractivity (Wildman–Crippen MR) is 74.8 cm³/mol. The molecule has 0 radical (unpaired) electrons. The molecule has 2 nitrogen and oxygen atoms in total. The lowest BCUT2D eigenvalue weighted by molar-refractivity contribution is 0.445. The minimum atomic E-state index is -1.01. The third kappa shape index (κ3) is 3.98. The zero-order valence-corrected chi connectivity index (χ0v) is 11.8. The molecular weight excluding hydrogens is 279 g/mol. The first-order chi connectivity index (χ1) is 9.97. The van der Waals surface area contributed by atoms with Gasteiger partial charge in [0.15, 0.2) is 11.6 Å². The second-order valence-electron chi connectivity index (χ2n) is 4.93. The minimum Gasteiger partial charge on any atom is -0.457 e. The van der Waals surface area contributed by atoms with Gasteiger partial charge < -0.3 is 10.1 Å². The first-order valence-electron chi connectivity index (χ1n) is 6.61. The van der Waals surface area contributed by atoms with Crippen molar-refractivity contribution in [1.29, 1.82) is 0 Å². The van der Waals surface area contributed by atoms with Crippen molar-refractivity contribution in [2.45, 2.75) is 26.4 Å². The lowest BCUT2D eigenvalue weighted by atomic mass is 10.1. The van der Waals surface area contributed by atoms with Crippen LogP contribution < -0.4 is 10.1 Å². The fourth-order valence-corrected chi connectivity index (χ4v) is 1.78. The van der Waals surface area contributed by atoms with Crippen LogP contribution in [0.3, 0.4) is 0 Å². The van der Waals surface area contributed by atoms with E-state index in [-0.39, 0.29) is 24.1 Å². The molecule has 112 valence electrons. The second-order valence-corrected chi connectivity index (χ2v) is 4.93. The number of nitrogens with one attached hydrogen (secondary N) is 1. The van der Waals surface area contributed by atoms with Crippen molar-refractivity contribution < 1.29 is 17.9 Å². The van der Waals surface area contributed by atoms with Gasteiger partial charge >= 0.3 is 0 Å². The number of hydrogen-bond donors (Lipinski definition) is 1. The minimum absolute atomic E-state index is 0.116. The van der Waals surface area contributed by atoms with Gasteiger partial charge in [-0.25, -0.2) is 13.2 Å². The normalized spacial score (nSPS) is 11.0. The van der Waals surface area contributed by atoms with E-state index in [9.17, 15) is 13.2 Å². The van der Waals surface area contributed by atoms with Crippen LogP contribution in [-0.2, 0) is 6.54 Å². The highest BCUT2D eigenvalue weighted by Gasteiger charge is 2.12. The van der Waals surface area contributed by atoms with Crippen LogP contribution in [0.1, 0.15) is 19.4 Å². The van der Waals surface area contributed by atoms with Crippen molar-refractivity contribution in [3.8, 4) is 11.5 Å². The molecule has 1 N–H and O–H groups in total. The third-order valence-electron chi connectivity index (χ3n) is 2.88. The first kappa shape index (κ1) is 15.4. The van der Waals surface area contributed by atoms with Crippen LogP contribution in [0.4, 0.5) is 13.2 Å². The Hall–Kier alpha value is -2.01. The highest BCUT2D eigenvalue weighted by molar-refractivity contribution is 5.39. The van der Waals surface area contributed by atoms with Crippen LogP contribution in [0, 0.1) is 17.5 Å². The Morgan fingerprint density at radius 3 is 2.43 bits per heavy atom. The highest BCUT2D eigenvalue weighted by Crippen LogP contribution is 2.28. The molecule has 0 aliphatic heterocycles. The molecule has 0 aliphatic carbocycles. The van der Waals surface area contributed by atoms with Gasteiger partial charge in [-0.1, -0.05) is 19.9 Å². The molecule has 0 atom stereocenters. The fraction of sp³-hybridized carbons (Fsp3) is 0.250. The van der Waals surface area contributed by atoms with Crippen molar-refractivity contribution in [3.05, 3.63) is 59.4 Å². The molecule has 2 aromatic rings. The Labute approximate surface area is 121 Å². The summed E-state index contributed by atoms with van der Waals surface area (Å²) in [6, 6.07) is 7.79. The summed E-state index contributed by atoms with van der Waals surface area (Å²) in [6.45, 7) is 4.16. The van der Waals surface area contributed by atoms with Gasteiger partial charge in [0.1, 0.15) is 17.3 Å². The topological polar surface area (TPSA) is 21.3 Å². The molecule has 0 aliphatic rings. The second kappa shape index (κ2) is 6.63. The Morgan fingerprint density at radius 1 is 1.00 bits per heavy atom. The zero-order valence-electron chi connectivity index (χ0n) is 11.8. The summed E-state index contributed by atoms with van der Waals surface area (Å²) in [5.41, 5.74) is 0.343. The van der Waals surface area contributed by atoms with Crippen molar-refractivity contribution >= 4 is 0 Å². The quantitative estimate of drug-likeness (QED) is 0.883. The van der Waals surface area contributed by atoms with E-state index >= 15 is 0 Å². The maximum Gasteiger partial charge on any atom is 0.162 e. The van der Waals surface area contributed by atoms with E-state index in [0.29, 0.717) is 5.56 Å². The van der Waals surface area contributed by atoms with E-state index in [4.69, 9.17) is 4.74 Å². The van der Waals surface area contributed by atoms with Crippen molar-refractivity contribution in [1.82, 2.24) is 5.32 Å². The van der Waals surface area contributed by atoms with Gasteiger partial charge in [0.05, 0.1) is 0 Å². The van der Waals surface area contributed by atoms with Crippen LogP contribution >= 0.6 is 0 Å². The maximum atomic E-state index is 13.9. The Balaban J connectivity index is 2.26. The highest BCUT2D eigenvalue weighted by atomic mass is 19.2. The molecule has 0 saturated carbocycles. The van der Waals surface area contributed by atoms with Gasteiger partial charge in [0, 0.05) is 24.2 Å². The fourth-order valence-electron chi connectivity index (χ4n) is 1.78. The Morgan fingerprint density at radius 2 is 1.76 bits per heavy atom. The molecule has 0 bridgehead atoms. The SMILES string of the molecule is CC(C)NCc1c(F)cccc1Oc1ccc(F)c(F)c1. The summed E-state index contributed by atoms with van der Waals surface area (Å²) < 4.78 is 45.4. The van der Waals surface area contributed by atoms with E-state index in [2.05, 4.69) is 5.32 Å². The lowest BCUT2D eigenvalue weighted by Gasteiger charge is -2.14. The van der Waals surface area contributed by atoms with Gasteiger partial charge in [-0.05, 0) is 24.3 Å². The van der Waals surface area contributed by atoms with Crippen LogP contribution in [-0.4, -0.2) is 6.04 Å². The van der Waals surface area contributed by atoms with Crippen LogP contribution in [0.2, 0.25) is 0 Å². The number of halogens is 3. The standard InChI is InChI=1S/C16H16F3NO/c1-10(2)20-9-12-13(17)4-3-5-16(12)21-11-6-7-14(18)15(19)8-11/h3-8,10,20H,9H2,1-2H3. The van der Waals surface area contributed by atoms with Crippen molar-refractivity contribution in [2.24, 2.45) is 0 Å². The molecule has 0 saturated heterocycles. The molecule has 5 heteroatoms. The molecule has 0 fully saturated rings. The third-order valence-corrected chi connectivity index (χ3v) is 2.88. The Kier molecular flexibility index (Phi) is 4.85. The van der Waals surface area contributed by atoms with Crippen molar-refractivity contribution in [2.75, 3.05) is 0 Å². The molecule has 21 heavy (non-hydrogen) atoms. The van der Waals surface area contributed by atoms with Crippen LogP contribution in [0.5, 0.6) is 11.5 Å². The summed E-state index contributed by atoms with van der Waals surface area (Å²) in [5, 5.41) is 3.10. The van der Waals surface area contributed by atoms with Gasteiger partial charge in [-0.15, -0.1) is 0 Å². The van der Waals surface area contributed by atoms with E-state index in [1.807, 2.05) is 13.8 Å². The molecule has 0 aromatic heterocycles. The summed E-state index contributed by atoms with van der Waals surface area (Å²) in [7, 11) is 0. The smallest absolute Gasteiger partial charge is 0.162 e. The van der Waals surface area contributed by atoms with E-state index in [1.54, 1.807) is 6.07 Å². The molecule has 0 amide bonds. The molecule has 0 unspecified atom stereocenters. The van der Waals surface area contributed by atoms with E-state index < -0.39 is 17.5 Å². The zero-order chi connectivity index (χ0) is 15.4.